The van der Waals surface area contributed by atoms with Gasteiger partial charge < -0.3 is 14.2 Å². The van der Waals surface area contributed by atoms with Crippen molar-refractivity contribution >= 4 is 17.9 Å². The molecule has 0 aliphatic heterocycles. The summed E-state index contributed by atoms with van der Waals surface area (Å²) in [5.41, 5.74) is 0. The van der Waals surface area contributed by atoms with E-state index in [9.17, 15) is 14.4 Å². The van der Waals surface area contributed by atoms with Crippen LogP contribution in [0.2, 0.25) is 0 Å². The van der Waals surface area contributed by atoms with Crippen LogP contribution in [-0.4, -0.2) is 37.2 Å². The number of rotatable bonds is 51. The Balaban J connectivity index is 4.07. The molecule has 394 valence electrons. The maximum atomic E-state index is 12.8. The van der Waals surface area contributed by atoms with E-state index in [4.69, 9.17) is 14.2 Å². The number of esters is 3. The number of hydrogen-bond acceptors (Lipinski definition) is 6. The molecule has 0 aliphatic carbocycles. The molecule has 0 aromatic rings. The molecule has 0 fully saturated rings. The van der Waals surface area contributed by atoms with Gasteiger partial charge in [0.25, 0.3) is 0 Å². The second-order valence-corrected chi connectivity index (χ2v) is 18.8. The molecule has 1 unspecified atom stereocenters. The number of allylic oxidation sites excluding steroid dienone is 16. The smallest absolute Gasteiger partial charge is 0.306 e. The van der Waals surface area contributed by atoms with Crippen LogP contribution in [0.15, 0.2) is 97.2 Å². The van der Waals surface area contributed by atoms with E-state index >= 15 is 0 Å². The standard InChI is InChI=1S/C63H106O6/c1-4-7-10-13-16-18-20-22-24-25-26-27-28-29-30-31-32-33-34-35-36-37-38-39-40-42-43-45-47-50-53-56-62(65)68-59-60(58-67-61(64)55-52-49-15-12-9-6-3)69-63(66)57-54-51-48-46-44-41-23-21-19-17-14-11-8-5-2/h7,10,14,16-18,21-24,26-27,29-30,32-33,60H,4-6,8-9,11-13,15,19-20,25,28,31,34-59H2,1-3H3/b10-7-,17-14-,18-16-,23-21-,24-22-,27-26-,30-29-,33-32-. The summed E-state index contributed by atoms with van der Waals surface area (Å²) in [6.07, 6.45) is 75.8. The van der Waals surface area contributed by atoms with E-state index < -0.39 is 6.10 Å². The molecule has 6 nitrogen and oxygen atoms in total. The molecular weight excluding hydrogens is 853 g/mol. The highest BCUT2D eigenvalue weighted by Crippen LogP contribution is 2.15. The topological polar surface area (TPSA) is 78.9 Å². The van der Waals surface area contributed by atoms with Crippen LogP contribution in [0.25, 0.3) is 0 Å². The summed E-state index contributed by atoms with van der Waals surface area (Å²) in [6.45, 7) is 6.41. The second-order valence-electron chi connectivity index (χ2n) is 18.8. The minimum absolute atomic E-state index is 0.0825. The molecule has 0 bridgehead atoms. The summed E-state index contributed by atoms with van der Waals surface area (Å²) >= 11 is 0. The zero-order valence-electron chi connectivity index (χ0n) is 45.0. The molecule has 0 saturated carbocycles. The number of unbranched alkanes of at least 4 members (excludes halogenated alkanes) is 24. The molecule has 0 saturated heterocycles. The Bertz CT molecular complexity index is 1380. The highest BCUT2D eigenvalue weighted by Gasteiger charge is 2.19. The molecule has 0 N–H and O–H groups in total. The molecular formula is C63H106O6. The number of hydrogen-bond donors (Lipinski definition) is 0. The van der Waals surface area contributed by atoms with Gasteiger partial charge in [-0.15, -0.1) is 0 Å². The SMILES string of the molecule is CC/C=C\C/C=C\C/C=C\C/C=C\C/C=C\C/C=C\CCCCCCCCCCCCCCC(=O)OCC(COC(=O)CCCCCCCC)OC(=O)CCCCCCC/C=C\C/C=C\CCCC. The lowest BCUT2D eigenvalue weighted by Crippen LogP contribution is -2.30. The van der Waals surface area contributed by atoms with Crippen LogP contribution in [0.5, 0.6) is 0 Å². The summed E-state index contributed by atoms with van der Waals surface area (Å²) < 4.78 is 16.7. The number of ether oxygens (including phenoxy) is 3. The first-order valence-corrected chi connectivity index (χ1v) is 28.7. The van der Waals surface area contributed by atoms with Crippen LogP contribution < -0.4 is 0 Å². The Hall–Kier alpha value is -3.67. The minimum atomic E-state index is -0.781. The van der Waals surface area contributed by atoms with Crippen LogP contribution in [0.1, 0.15) is 265 Å². The third-order valence-electron chi connectivity index (χ3n) is 12.1. The zero-order chi connectivity index (χ0) is 50.0. The molecule has 0 amide bonds. The van der Waals surface area contributed by atoms with Gasteiger partial charge >= 0.3 is 17.9 Å². The summed E-state index contributed by atoms with van der Waals surface area (Å²) in [5.74, 6) is -0.907. The van der Waals surface area contributed by atoms with Gasteiger partial charge in [-0.25, -0.2) is 0 Å². The molecule has 6 heteroatoms. The minimum Gasteiger partial charge on any atom is -0.462 e. The van der Waals surface area contributed by atoms with Gasteiger partial charge in [-0.05, 0) is 96.3 Å². The summed E-state index contributed by atoms with van der Waals surface area (Å²) in [5, 5.41) is 0. The van der Waals surface area contributed by atoms with Gasteiger partial charge in [0.05, 0.1) is 0 Å². The van der Waals surface area contributed by atoms with Gasteiger partial charge in [-0.3, -0.25) is 14.4 Å². The molecule has 0 heterocycles. The van der Waals surface area contributed by atoms with E-state index in [1.54, 1.807) is 0 Å². The third-order valence-corrected chi connectivity index (χ3v) is 12.1. The molecule has 0 aliphatic rings. The van der Waals surface area contributed by atoms with E-state index in [1.807, 2.05) is 0 Å². The van der Waals surface area contributed by atoms with Crippen molar-refractivity contribution in [3.05, 3.63) is 97.2 Å². The molecule has 0 spiro atoms. The van der Waals surface area contributed by atoms with Gasteiger partial charge in [0.2, 0.25) is 0 Å². The molecule has 0 aromatic heterocycles. The van der Waals surface area contributed by atoms with E-state index in [-0.39, 0.29) is 31.1 Å². The Morgan fingerprint density at radius 2 is 0.580 bits per heavy atom. The fourth-order valence-corrected chi connectivity index (χ4v) is 7.76. The van der Waals surface area contributed by atoms with Crippen molar-refractivity contribution in [1.82, 2.24) is 0 Å². The van der Waals surface area contributed by atoms with E-state index in [1.165, 1.54) is 103 Å². The molecule has 0 aromatic carbocycles. The van der Waals surface area contributed by atoms with Crippen molar-refractivity contribution in [2.24, 2.45) is 0 Å². The summed E-state index contributed by atoms with van der Waals surface area (Å²) in [4.78, 5) is 37.8. The average Bonchev–Trinajstić information content (AvgIpc) is 3.35. The van der Waals surface area contributed by atoms with E-state index in [0.717, 1.165) is 122 Å². The zero-order valence-corrected chi connectivity index (χ0v) is 45.0. The Labute approximate surface area is 426 Å². The number of carbonyl (C=O) groups excluding carboxylic acids is 3. The largest absolute Gasteiger partial charge is 0.462 e. The molecule has 0 radical (unpaired) electrons. The quantitative estimate of drug-likeness (QED) is 0.0262. The van der Waals surface area contributed by atoms with E-state index in [0.29, 0.717) is 19.3 Å². The fourth-order valence-electron chi connectivity index (χ4n) is 7.76. The Kier molecular flexibility index (Phi) is 53.9. The normalized spacial score (nSPS) is 12.8. The Morgan fingerprint density at radius 3 is 0.928 bits per heavy atom. The fraction of sp³-hybridized carbons (Fsp3) is 0.698. The predicted molar refractivity (Wildman–Crippen MR) is 297 cm³/mol. The monoisotopic (exact) mass is 959 g/mol. The lowest BCUT2D eigenvalue weighted by Gasteiger charge is -2.18. The van der Waals surface area contributed by atoms with Gasteiger partial charge in [-0.2, -0.15) is 0 Å². The van der Waals surface area contributed by atoms with Crippen LogP contribution >= 0.6 is 0 Å². The van der Waals surface area contributed by atoms with Gasteiger partial charge in [0.1, 0.15) is 13.2 Å². The highest BCUT2D eigenvalue weighted by atomic mass is 16.6. The van der Waals surface area contributed by atoms with Gasteiger partial charge in [0, 0.05) is 19.3 Å². The third kappa shape index (κ3) is 55.1. The van der Waals surface area contributed by atoms with Crippen molar-refractivity contribution in [2.75, 3.05) is 13.2 Å². The van der Waals surface area contributed by atoms with Crippen LogP contribution in [0.3, 0.4) is 0 Å². The first-order valence-electron chi connectivity index (χ1n) is 28.7. The van der Waals surface area contributed by atoms with Crippen molar-refractivity contribution in [3.63, 3.8) is 0 Å². The van der Waals surface area contributed by atoms with Gasteiger partial charge in [-0.1, -0.05) is 246 Å². The van der Waals surface area contributed by atoms with Crippen molar-refractivity contribution in [3.8, 4) is 0 Å². The molecule has 69 heavy (non-hydrogen) atoms. The summed E-state index contributed by atoms with van der Waals surface area (Å²) in [7, 11) is 0. The van der Waals surface area contributed by atoms with Crippen LogP contribution in [-0.2, 0) is 28.6 Å². The van der Waals surface area contributed by atoms with Crippen molar-refractivity contribution in [2.45, 2.75) is 271 Å². The molecule has 0 rings (SSSR count). The lowest BCUT2D eigenvalue weighted by molar-refractivity contribution is -0.167. The van der Waals surface area contributed by atoms with Gasteiger partial charge in [0.15, 0.2) is 6.10 Å². The van der Waals surface area contributed by atoms with Crippen LogP contribution in [0, 0.1) is 0 Å². The maximum Gasteiger partial charge on any atom is 0.306 e. The first-order chi connectivity index (χ1) is 34.0. The van der Waals surface area contributed by atoms with E-state index in [2.05, 4.69) is 118 Å². The number of carbonyl (C=O) groups is 3. The first kappa shape index (κ1) is 65.3. The Morgan fingerprint density at radius 1 is 0.304 bits per heavy atom. The highest BCUT2D eigenvalue weighted by molar-refractivity contribution is 5.71. The maximum absolute atomic E-state index is 12.8. The second kappa shape index (κ2) is 56.9. The van der Waals surface area contributed by atoms with Crippen molar-refractivity contribution < 1.29 is 28.6 Å². The lowest BCUT2D eigenvalue weighted by atomic mass is 10.0. The predicted octanol–water partition coefficient (Wildman–Crippen LogP) is 19.3. The molecule has 1 atom stereocenters. The van der Waals surface area contributed by atoms with Crippen LogP contribution in [0.4, 0.5) is 0 Å². The summed E-state index contributed by atoms with van der Waals surface area (Å²) in [6, 6.07) is 0. The van der Waals surface area contributed by atoms with Crippen molar-refractivity contribution in [1.29, 1.82) is 0 Å². The average molecular weight is 960 g/mol.